The number of allylic oxidation sites excluding steroid dienone is 1. The SMILES string of the molecule is Cc1c(-c2cccc(S(=O)(=O)N(C)C)c2)c2cc(C(=O)Nc3ccc4c(c3)n(Cc3cn(CCOCCOCCOCCNC(=O)CCCC[C@@H]5SC[C@@H]6NC(=O)N[C@@H]65)nn3)c(=O)n4Cc3cn(CCOCCOCCOCCNC(=O)CCCC[C@@H]4SC[C@@H]5NC(=O)N[C@@H]54)nn3)ccc2n1C/C(F)=C/CN.Cl. The Morgan fingerprint density at radius 2 is 1.17 bits per heavy atom. The number of carbonyl (C=O) groups is 5. The Balaban J connectivity index is 0.0000124. The van der Waals surface area contributed by atoms with E-state index in [0.717, 1.165) is 54.3 Å². The molecule has 7 amide bonds. The number of nitrogens with zero attached hydrogens (tertiary/aromatic N) is 10. The number of benzene rings is 3. The minimum Gasteiger partial charge on any atom is -0.377 e. The average molecular weight is 1580 g/mol. The van der Waals surface area contributed by atoms with E-state index >= 15 is 4.39 Å². The second-order valence-corrected chi connectivity index (χ2v) is 31.3. The van der Waals surface area contributed by atoms with Crippen molar-refractivity contribution in [1.29, 1.82) is 0 Å². The highest BCUT2D eigenvalue weighted by Gasteiger charge is 2.44. The second-order valence-electron chi connectivity index (χ2n) is 26.6. The molecule has 8 heterocycles. The van der Waals surface area contributed by atoms with E-state index in [1.807, 2.05) is 30.4 Å². The van der Waals surface area contributed by atoms with Gasteiger partial charge in [-0.25, -0.2) is 40.9 Å². The number of aromatic nitrogens is 9. The zero-order chi connectivity index (χ0) is 75.2. The van der Waals surface area contributed by atoms with Crippen LogP contribution in [0.25, 0.3) is 33.1 Å². The van der Waals surface area contributed by atoms with Gasteiger partial charge in [0.1, 0.15) is 17.2 Å². The van der Waals surface area contributed by atoms with E-state index in [0.29, 0.717) is 185 Å². The minimum absolute atomic E-state index is 0. The van der Waals surface area contributed by atoms with E-state index in [1.54, 1.807) is 90.1 Å². The Kier molecular flexibility index (Phi) is 31.0. The van der Waals surface area contributed by atoms with E-state index < -0.39 is 27.4 Å². The fourth-order valence-corrected chi connectivity index (χ4v) is 17.5. The number of urea groups is 2. The van der Waals surface area contributed by atoms with Gasteiger partial charge in [-0.15, -0.1) is 22.6 Å². The van der Waals surface area contributed by atoms with Gasteiger partial charge in [0.05, 0.1) is 164 Å². The van der Waals surface area contributed by atoms with Crippen LogP contribution in [0.3, 0.4) is 0 Å². The molecule has 4 aliphatic heterocycles. The largest absolute Gasteiger partial charge is 0.377 e. The quantitative estimate of drug-likeness (QED) is 0.0192. The number of fused-ring (bicyclic) bond motifs is 4. The summed E-state index contributed by atoms with van der Waals surface area (Å²) in [6.07, 6.45) is 11.0. The van der Waals surface area contributed by atoms with E-state index in [9.17, 15) is 37.2 Å². The summed E-state index contributed by atoms with van der Waals surface area (Å²) < 4.78 is 85.5. The smallest absolute Gasteiger partial charge is 0.329 e. The van der Waals surface area contributed by atoms with Gasteiger partial charge in [-0.3, -0.25) is 23.5 Å². The summed E-state index contributed by atoms with van der Waals surface area (Å²) >= 11 is 3.75. The van der Waals surface area contributed by atoms with Crippen molar-refractivity contribution in [3.63, 3.8) is 0 Å². The van der Waals surface area contributed by atoms with Crippen molar-refractivity contribution in [2.45, 2.75) is 131 Å². The summed E-state index contributed by atoms with van der Waals surface area (Å²) in [5, 5.41) is 39.5. The monoisotopic (exact) mass is 1580 g/mol. The number of nitrogens with one attached hydrogen (secondary N) is 7. The fraction of sp³-hybridized carbons (Fsp3) is 0.549. The lowest BCUT2D eigenvalue weighted by Gasteiger charge is -2.16. The van der Waals surface area contributed by atoms with Gasteiger partial charge in [0, 0.05) is 102 Å². The first-order valence-electron chi connectivity index (χ1n) is 36.3. The molecule has 0 unspecified atom stereocenters. The maximum atomic E-state index is 15.3. The lowest BCUT2D eigenvalue weighted by Crippen LogP contribution is -2.36. The number of sulfonamides is 1. The molecule has 0 aliphatic carbocycles. The zero-order valence-electron chi connectivity index (χ0n) is 61.0. The molecule has 0 bridgehead atoms. The van der Waals surface area contributed by atoms with Gasteiger partial charge in [-0.1, -0.05) is 35.4 Å². The van der Waals surface area contributed by atoms with Crippen molar-refractivity contribution in [2.75, 3.05) is 130 Å². The van der Waals surface area contributed by atoms with Crippen LogP contribution >= 0.6 is 35.9 Å². The molecule has 4 saturated heterocycles. The zero-order valence-corrected chi connectivity index (χ0v) is 64.2. The van der Waals surface area contributed by atoms with E-state index in [-0.39, 0.29) is 97.1 Å². The molecule has 0 radical (unpaired) electrons. The molecule has 0 saturated carbocycles. The fourth-order valence-electron chi connectivity index (χ4n) is 13.5. The molecule has 37 heteroatoms. The molecule has 6 atom stereocenters. The van der Waals surface area contributed by atoms with Crippen molar-refractivity contribution >= 4 is 103 Å². The van der Waals surface area contributed by atoms with Crippen LogP contribution in [0.15, 0.2) is 94.7 Å². The van der Waals surface area contributed by atoms with Crippen LogP contribution in [0.5, 0.6) is 0 Å². The molecular formula is C71H98ClFN18O14S3. The van der Waals surface area contributed by atoms with Crippen molar-refractivity contribution in [1.82, 2.24) is 79.9 Å². The molecule has 3 aromatic carbocycles. The first kappa shape index (κ1) is 82.5. The third kappa shape index (κ3) is 22.4. The van der Waals surface area contributed by atoms with Gasteiger partial charge in [-0.2, -0.15) is 23.5 Å². The van der Waals surface area contributed by atoms with Crippen LogP contribution < -0.4 is 48.6 Å². The predicted octanol–water partition coefficient (Wildman–Crippen LogP) is 4.53. The Bertz CT molecular complexity index is 4400. The lowest BCUT2D eigenvalue weighted by molar-refractivity contribution is -0.122. The number of ether oxygens (including phenoxy) is 6. The number of unbranched alkanes of at least 4 members (excludes halogenated alkanes) is 2. The third-order valence-electron chi connectivity index (χ3n) is 18.9. The van der Waals surface area contributed by atoms with Gasteiger partial charge in [0.25, 0.3) is 5.91 Å². The number of halogens is 2. The molecule has 7 aromatic rings. The Hall–Kier alpha value is -8.01. The Morgan fingerprint density at radius 3 is 1.70 bits per heavy atom. The molecule has 108 heavy (non-hydrogen) atoms. The molecule has 9 N–H and O–H groups in total. The van der Waals surface area contributed by atoms with Crippen molar-refractivity contribution in [2.24, 2.45) is 5.73 Å². The van der Waals surface area contributed by atoms with Crippen LogP contribution in [-0.2, 0) is 80.8 Å². The highest BCUT2D eigenvalue weighted by Crippen LogP contribution is 2.38. The summed E-state index contributed by atoms with van der Waals surface area (Å²) in [5.74, 6) is 0.864. The number of rotatable bonds is 46. The van der Waals surface area contributed by atoms with Gasteiger partial charge in [0.2, 0.25) is 21.8 Å². The second kappa shape index (κ2) is 40.6. The standard InChI is InChI=1S/C71H97FN18O14S3.ClH/c1-47-65(48-9-8-10-54(37-48)107(97,98)85(2)3)55-38-49(15-17-58(55)88(47)40-50(72)19-20-73)68(93)76-51-16-18-59-60(39-51)90(44-53-42-87(84-82-53)24-28-102-32-36-104-34-30-100-26-22-75-64(92)14-7-5-12-62-67-57(46-106-62)78-70(95)80-67)71(96)89(59)43-52-41-86(83-81-52)23-27-101-31-35-103-33-29-99-25-21-74-63(91)13-6-4-11-61-66-56(45-105-61)77-69(94)79-66;/h8-10,15-19,37-39,41-42,56-57,61-62,66-67H,4-7,11-14,20-36,40,43-46,73H2,1-3H3,(H,74,91)(H,75,92)(H,76,93)(H2,77,79,94)(H2,78,80,95);1H/b50-19-;/t56-,57-,61-,62-,66-,67-;/m0./s1. The number of imidazole rings is 1. The predicted molar refractivity (Wildman–Crippen MR) is 410 cm³/mol. The van der Waals surface area contributed by atoms with Gasteiger partial charge in [0.15, 0.2) is 0 Å². The van der Waals surface area contributed by atoms with Crippen molar-refractivity contribution < 1.29 is 65.2 Å². The van der Waals surface area contributed by atoms with Gasteiger partial charge < -0.3 is 75.9 Å². The van der Waals surface area contributed by atoms with Crippen LogP contribution in [0.1, 0.15) is 78.8 Å². The molecule has 4 aromatic heterocycles. The normalized spacial score (nSPS) is 18.3. The highest BCUT2D eigenvalue weighted by atomic mass is 35.5. The Morgan fingerprint density at radius 1 is 0.648 bits per heavy atom. The van der Waals surface area contributed by atoms with E-state index in [4.69, 9.17) is 34.2 Å². The van der Waals surface area contributed by atoms with Crippen LogP contribution in [0, 0.1) is 6.92 Å². The van der Waals surface area contributed by atoms with E-state index in [1.165, 1.54) is 26.2 Å². The molecule has 0 spiro atoms. The average Bonchev–Trinajstić information content (AvgIpc) is 1.61. The van der Waals surface area contributed by atoms with Crippen LogP contribution in [0.4, 0.5) is 19.7 Å². The number of hydrogen-bond donors (Lipinski definition) is 8. The minimum atomic E-state index is -3.83. The van der Waals surface area contributed by atoms with Crippen LogP contribution in [-0.4, -0.2) is 245 Å². The topological polar surface area (TPSA) is 382 Å². The number of carbonyl (C=O) groups excluding carboxylic acids is 5. The highest BCUT2D eigenvalue weighted by molar-refractivity contribution is 8.00. The maximum Gasteiger partial charge on any atom is 0.329 e. The Labute approximate surface area is 640 Å². The van der Waals surface area contributed by atoms with Crippen LogP contribution in [0.2, 0.25) is 0 Å². The molecule has 11 rings (SSSR count). The molecule has 4 fully saturated rings. The molecule has 4 aliphatic rings. The number of thioether (sulfide) groups is 2. The third-order valence-corrected chi connectivity index (χ3v) is 23.8. The van der Waals surface area contributed by atoms with Crippen molar-refractivity contribution in [3.8, 4) is 11.1 Å². The number of amides is 7. The number of anilines is 1. The maximum absolute atomic E-state index is 15.3. The molecule has 32 nitrogen and oxygen atoms in total. The summed E-state index contributed by atoms with van der Waals surface area (Å²) in [4.78, 5) is 77.2. The number of nitrogens with two attached hydrogens (primary N) is 1. The summed E-state index contributed by atoms with van der Waals surface area (Å²) in [6.45, 7) is 7.36. The van der Waals surface area contributed by atoms with E-state index in [2.05, 4.69) is 57.8 Å². The molecule has 588 valence electrons. The molecular weight excluding hydrogens is 1480 g/mol. The first-order valence-corrected chi connectivity index (χ1v) is 39.8. The first-order chi connectivity index (χ1) is 51.9. The summed E-state index contributed by atoms with van der Waals surface area (Å²) in [5.41, 5.74) is 10.3. The number of hydrogen-bond acceptors (Lipinski definition) is 21. The van der Waals surface area contributed by atoms with Gasteiger partial charge >= 0.3 is 17.8 Å². The lowest BCUT2D eigenvalue weighted by atomic mass is 10.0. The summed E-state index contributed by atoms with van der Waals surface area (Å²) in [6, 6.07) is 17.2. The van der Waals surface area contributed by atoms with Gasteiger partial charge in [-0.05, 0) is 92.8 Å². The van der Waals surface area contributed by atoms with Crippen molar-refractivity contribution in [3.05, 3.63) is 118 Å². The summed E-state index contributed by atoms with van der Waals surface area (Å²) in [7, 11) is -0.935.